The molecule has 3 fully saturated rings. The largest absolute Gasteiger partial charge is 0.314 e. The van der Waals surface area contributed by atoms with Gasteiger partial charge < -0.3 is 5.32 Å². The molecule has 2 bridgehead atoms. The van der Waals surface area contributed by atoms with Crippen LogP contribution in [-0.2, 0) is 9.84 Å². The lowest BCUT2D eigenvalue weighted by atomic mass is 9.93. The van der Waals surface area contributed by atoms with Crippen LogP contribution in [-0.4, -0.2) is 55.5 Å². The molecule has 0 aromatic heterocycles. The van der Waals surface area contributed by atoms with Crippen molar-refractivity contribution in [2.75, 3.05) is 18.1 Å². The van der Waals surface area contributed by atoms with Crippen LogP contribution < -0.4 is 5.32 Å². The summed E-state index contributed by atoms with van der Waals surface area (Å²) in [7, 11) is -2.73. The molecule has 3 heterocycles. The molecule has 3 rings (SSSR count). The highest BCUT2D eigenvalue weighted by atomic mass is 32.2. The van der Waals surface area contributed by atoms with E-state index in [4.69, 9.17) is 0 Å². The van der Waals surface area contributed by atoms with Crippen molar-refractivity contribution in [1.29, 1.82) is 0 Å². The lowest BCUT2D eigenvalue weighted by Crippen LogP contribution is -2.54. The third-order valence-electron chi connectivity index (χ3n) is 5.42. The Morgan fingerprint density at radius 1 is 1.00 bits per heavy atom. The van der Waals surface area contributed by atoms with Crippen LogP contribution >= 0.6 is 0 Å². The second kappa shape index (κ2) is 5.93. The average molecular weight is 300 g/mol. The third-order valence-corrected chi connectivity index (χ3v) is 7.13. The van der Waals surface area contributed by atoms with Crippen LogP contribution in [0, 0.1) is 0 Å². The Balaban J connectivity index is 1.60. The summed E-state index contributed by atoms with van der Waals surface area (Å²) in [6.07, 6.45) is 8.09. The van der Waals surface area contributed by atoms with Gasteiger partial charge in [-0.25, -0.2) is 8.42 Å². The summed E-state index contributed by atoms with van der Waals surface area (Å²) in [5, 5.41) is 3.69. The van der Waals surface area contributed by atoms with Gasteiger partial charge in [0.2, 0.25) is 0 Å². The fourth-order valence-corrected chi connectivity index (χ4v) is 5.97. The molecular formula is C15H28N2O2S. The summed E-state index contributed by atoms with van der Waals surface area (Å²) >= 11 is 0. The average Bonchev–Trinajstić information content (AvgIpc) is 2.68. The molecule has 3 aliphatic heterocycles. The number of sulfone groups is 1. The van der Waals surface area contributed by atoms with Crippen molar-refractivity contribution >= 4 is 9.84 Å². The molecule has 3 aliphatic rings. The van der Waals surface area contributed by atoms with E-state index in [0.29, 0.717) is 35.7 Å². The highest BCUT2D eigenvalue weighted by Gasteiger charge is 2.44. The lowest BCUT2D eigenvalue weighted by Gasteiger charge is -2.45. The Morgan fingerprint density at radius 2 is 1.60 bits per heavy atom. The first-order valence-electron chi connectivity index (χ1n) is 8.30. The molecule has 0 aliphatic carbocycles. The predicted octanol–water partition coefficient (Wildman–Crippen LogP) is 1.56. The standard InChI is InChI=1S/C15H28N2O2S/c1-2-7-16-12-10-14-3-4-15(11-12)17(14)13-5-8-20(18,19)9-6-13/h12-16H,2-11H2,1H3. The number of fused-ring (bicyclic) bond motifs is 2. The van der Waals surface area contributed by atoms with E-state index in [-0.39, 0.29) is 0 Å². The van der Waals surface area contributed by atoms with Crippen LogP contribution in [0.15, 0.2) is 0 Å². The van der Waals surface area contributed by atoms with E-state index in [2.05, 4.69) is 17.1 Å². The molecule has 0 amide bonds. The Morgan fingerprint density at radius 3 is 2.15 bits per heavy atom. The fourth-order valence-electron chi connectivity index (χ4n) is 4.50. The van der Waals surface area contributed by atoms with Gasteiger partial charge in [-0.15, -0.1) is 0 Å². The second-order valence-electron chi connectivity index (χ2n) is 6.84. The highest BCUT2D eigenvalue weighted by Crippen LogP contribution is 2.39. The van der Waals surface area contributed by atoms with Crippen LogP contribution in [0.1, 0.15) is 51.9 Å². The quantitative estimate of drug-likeness (QED) is 0.856. The summed E-state index contributed by atoms with van der Waals surface area (Å²) in [5.41, 5.74) is 0. The first-order valence-corrected chi connectivity index (χ1v) is 10.1. The number of rotatable bonds is 4. The molecule has 0 radical (unpaired) electrons. The lowest BCUT2D eigenvalue weighted by molar-refractivity contribution is 0.0647. The van der Waals surface area contributed by atoms with Gasteiger partial charge >= 0.3 is 0 Å². The SMILES string of the molecule is CCCNC1CC2CCC(C1)N2C1CCS(=O)(=O)CC1. The van der Waals surface area contributed by atoms with Crippen molar-refractivity contribution < 1.29 is 8.42 Å². The maximum atomic E-state index is 11.6. The minimum Gasteiger partial charge on any atom is -0.314 e. The predicted molar refractivity (Wildman–Crippen MR) is 81.6 cm³/mol. The first-order chi connectivity index (χ1) is 9.59. The summed E-state index contributed by atoms with van der Waals surface area (Å²) < 4.78 is 23.2. The van der Waals surface area contributed by atoms with Gasteiger partial charge in [0.1, 0.15) is 9.84 Å². The molecule has 0 aromatic carbocycles. The molecule has 3 saturated heterocycles. The molecular weight excluding hydrogens is 272 g/mol. The molecule has 4 nitrogen and oxygen atoms in total. The van der Waals surface area contributed by atoms with Gasteiger partial charge in [0.15, 0.2) is 0 Å². The van der Waals surface area contributed by atoms with Crippen molar-refractivity contribution in [2.24, 2.45) is 0 Å². The molecule has 5 heteroatoms. The van der Waals surface area contributed by atoms with Crippen molar-refractivity contribution in [3.8, 4) is 0 Å². The van der Waals surface area contributed by atoms with Crippen molar-refractivity contribution in [3.05, 3.63) is 0 Å². The third kappa shape index (κ3) is 3.04. The van der Waals surface area contributed by atoms with Gasteiger partial charge in [-0.2, -0.15) is 0 Å². The van der Waals surface area contributed by atoms with Gasteiger partial charge in [0.25, 0.3) is 0 Å². The van der Waals surface area contributed by atoms with E-state index in [9.17, 15) is 8.42 Å². The molecule has 2 atom stereocenters. The van der Waals surface area contributed by atoms with E-state index in [1.165, 1.54) is 32.1 Å². The molecule has 1 N–H and O–H groups in total. The fraction of sp³-hybridized carbons (Fsp3) is 1.00. The number of nitrogens with zero attached hydrogens (tertiary/aromatic N) is 1. The maximum absolute atomic E-state index is 11.6. The van der Waals surface area contributed by atoms with Crippen LogP contribution in [0.3, 0.4) is 0 Å². The van der Waals surface area contributed by atoms with Gasteiger partial charge in [-0.1, -0.05) is 6.92 Å². The van der Waals surface area contributed by atoms with E-state index >= 15 is 0 Å². The Bertz CT molecular complexity index is 409. The minimum absolute atomic E-state index is 0.408. The zero-order chi connectivity index (χ0) is 14.2. The highest BCUT2D eigenvalue weighted by molar-refractivity contribution is 7.91. The Hall–Kier alpha value is -0.130. The molecule has 0 saturated carbocycles. The number of nitrogens with one attached hydrogen (secondary N) is 1. The van der Waals surface area contributed by atoms with Crippen LogP contribution in [0.5, 0.6) is 0 Å². The van der Waals surface area contributed by atoms with Gasteiger partial charge in [-0.3, -0.25) is 4.90 Å². The second-order valence-corrected chi connectivity index (χ2v) is 9.14. The van der Waals surface area contributed by atoms with E-state index in [0.717, 1.165) is 19.4 Å². The van der Waals surface area contributed by atoms with E-state index < -0.39 is 9.84 Å². The molecule has 0 aromatic rings. The first kappa shape index (κ1) is 14.8. The zero-order valence-electron chi connectivity index (χ0n) is 12.6. The summed E-state index contributed by atoms with van der Waals surface area (Å²) in [5.74, 6) is 0.816. The van der Waals surface area contributed by atoms with Gasteiger partial charge in [-0.05, 0) is 51.5 Å². The summed E-state index contributed by atoms with van der Waals surface area (Å²) in [6, 6.07) is 2.63. The number of hydrogen-bond acceptors (Lipinski definition) is 4. The smallest absolute Gasteiger partial charge is 0.150 e. The van der Waals surface area contributed by atoms with Crippen LogP contribution in [0.4, 0.5) is 0 Å². The van der Waals surface area contributed by atoms with Crippen molar-refractivity contribution in [2.45, 2.75) is 76.0 Å². The van der Waals surface area contributed by atoms with E-state index in [1.54, 1.807) is 0 Å². The topological polar surface area (TPSA) is 49.4 Å². The molecule has 2 unspecified atom stereocenters. The number of hydrogen-bond donors (Lipinski definition) is 1. The van der Waals surface area contributed by atoms with Gasteiger partial charge in [0, 0.05) is 24.2 Å². The maximum Gasteiger partial charge on any atom is 0.150 e. The molecule has 116 valence electrons. The Kier molecular flexibility index (Phi) is 4.39. The van der Waals surface area contributed by atoms with E-state index in [1.807, 2.05) is 0 Å². The summed E-state index contributed by atoms with van der Waals surface area (Å²) in [6.45, 7) is 3.35. The molecule has 20 heavy (non-hydrogen) atoms. The zero-order valence-corrected chi connectivity index (χ0v) is 13.4. The van der Waals surface area contributed by atoms with Crippen molar-refractivity contribution in [3.63, 3.8) is 0 Å². The van der Waals surface area contributed by atoms with Crippen LogP contribution in [0.25, 0.3) is 0 Å². The van der Waals surface area contributed by atoms with Crippen molar-refractivity contribution in [1.82, 2.24) is 10.2 Å². The number of piperidine rings is 1. The minimum atomic E-state index is -2.73. The Labute approximate surface area is 123 Å². The summed E-state index contributed by atoms with van der Waals surface area (Å²) in [4.78, 5) is 2.71. The normalized spacial score (nSPS) is 38.1. The monoisotopic (exact) mass is 300 g/mol. The van der Waals surface area contributed by atoms with Gasteiger partial charge in [0.05, 0.1) is 11.5 Å². The van der Waals surface area contributed by atoms with Crippen LogP contribution in [0.2, 0.25) is 0 Å². The molecule has 0 spiro atoms.